The first-order valence-corrected chi connectivity index (χ1v) is 12.6. The van der Waals surface area contributed by atoms with Crippen molar-refractivity contribution >= 4 is 5.97 Å². The third-order valence-electron chi connectivity index (χ3n) is 11.4. The van der Waals surface area contributed by atoms with Crippen molar-refractivity contribution in [1.29, 1.82) is 0 Å². The Labute approximate surface area is 194 Å². The van der Waals surface area contributed by atoms with Gasteiger partial charge in [0.05, 0.1) is 11.7 Å². The van der Waals surface area contributed by atoms with Gasteiger partial charge in [-0.05, 0) is 74.3 Å². The third-order valence-corrected chi connectivity index (χ3v) is 11.4. The van der Waals surface area contributed by atoms with Gasteiger partial charge in [0, 0.05) is 32.0 Å². The van der Waals surface area contributed by atoms with Gasteiger partial charge in [0.25, 0.3) is 0 Å². The lowest BCUT2D eigenvalue weighted by Gasteiger charge is -2.80. The molecule has 0 heterocycles. The summed E-state index contributed by atoms with van der Waals surface area (Å²) >= 11 is 0. The molecule has 178 valence electrons. The van der Waals surface area contributed by atoms with Gasteiger partial charge in [0.1, 0.15) is 22.9 Å². The molecule has 1 aromatic rings. The monoisotopic (exact) mass is 454 g/mol. The van der Waals surface area contributed by atoms with Gasteiger partial charge >= 0.3 is 5.97 Å². The molecule has 6 heteroatoms. The lowest BCUT2D eigenvalue weighted by molar-refractivity contribution is -0.474. The number of hydrogen-bond donors (Lipinski definition) is 2. The lowest BCUT2D eigenvalue weighted by atomic mass is 9.31. The van der Waals surface area contributed by atoms with Crippen LogP contribution in [0.5, 0.6) is 0 Å². The van der Waals surface area contributed by atoms with Gasteiger partial charge in [0.15, 0.2) is 0 Å². The maximum atomic E-state index is 13.1. The number of esters is 1. The highest BCUT2D eigenvalue weighted by molar-refractivity contribution is 5.91. The van der Waals surface area contributed by atoms with Crippen LogP contribution in [-0.2, 0) is 14.2 Å². The maximum Gasteiger partial charge on any atom is 0.338 e. The van der Waals surface area contributed by atoms with E-state index in [0.29, 0.717) is 5.56 Å². The fraction of sp³-hybridized carbons (Fsp3) is 0.741. The van der Waals surface area contributed by atoms with E-state index in [4.69, 9.17) is 14.2 Å². The van der Waals surface area contributed by atoms with Gasteiger partial charge < -0.3 is 24.4 Å². The van der Waals surface area contributed by atoms with Gasteiger partial charge in [-0.25, -0.2) is 4.79 Å². The van der Waals surface area contributed by atoms with Crippen LogP contribution >= 0.6 is 0 Å². The molecule has 1 aromatic carbocycles. The van der Waals surface area contributed by atoms with Crippen LogP contribution in [0.1, 0.15) is 54.4 Å². The number of ether oxygens (including phenoxy) is 3. The van der Waals surface area contributed by atoms with Crippen molar-refractivity contribution in [3.63, 3.8) is 0 Å². The summed E-state index contributed by atoms with van der Waals surface area (Å²) in [4.78, 5) is 13.1. The molecule has 5 unspecified atom stereocenters. The summed E-state index contributed by atoms with van der Waals surface area (Å²) in [6.45, 7) is 1.94. The number of aryl methyl sites for hydroxylation is 1. The summed E-state index contributed by atoms with van der Waals surface area (Å²) in [5, 5.41) is 24.5. The number of hydrogen-bond acceptors (Lipinski definition) is 6. The van der Waals surface area contributed by atoms with Crippen molar-refractivity contribution in [2.75, 3.05) is 14.2 Å². The van der Waals surface area contributed by atoms with Gasteiger partial charge in [0.2, 0.25) is 0 Å². The van der Waals surface area contributed by atoms with E-state index in [2.05, 4.69) is 0 Å². The van der Waals surface area contributed by atoms with E-state index >= 15 is 0 Å². The van der Waals surface area contributed by atoms with Gasteiger partial charge in [-0.2, -0.15) is 0 Å². The van der Waals surface area contributed by atoms with Crippen molar-refractivity contribution < 1.29 is 29.2 Å². The molecule has 0 radical (unpaired) electrons. The van der Waals surface area contributed by atoms with Crippen molar-refractivity contribution in [2.24, 2.45) is 35.0 Å². The van der Waals surface area contributed by atoms with E-state index in [1.54, 1.807) is 14.2 Å². The molecule has 0 amide bonds. The maximum absolute atomic E-state index is 13.1. The second-order valence-electron chi connectivity index (χ2n) is 11.8. The lowest BCUT2D eigenvalue weighted by Crippen LogP contribution is -2.97. The first-order chi connectivity index (χ1) is 15.8. The molecule has 6 fully saturated rings. The van der Waals surface area contributed by atoms with Crippen LogP contribution in [0.4, 0.5) is 0 Å². The second-order valence-corrected chi connectivity index (χ2v) is 11.8. The Balaban J connectivity index is 1.26. The van der Waals surface area contributed by atoms with Gasteiger partial charge in [-0.3, -0.25) is 0 Å². The summed E-state index contributed by atoms with van der Waals surface area (Å²) in [7, 11) is 3.40. The molecule has 0 saturated heterocycles. The zero-order chi connectivity index (χ0) is 23.0. The van der Waals surface area contributed by atoms with E-state index in [9.17, 15) is 15.0 Å². The van der Waals surface area contributed by atoms with Crippen LogP contribution in [0.3, 0.4) is 0 Å². The largest absolute Gasteiger partial charge is 0.458 e. The first-order valence-electron chi connectivity index (χ1n) is 12.6. The molecule has 11 atom stereocenters. The van der Waals surface area contributed by atoms with Crippen molar-refractivity contribution in [3.8, 4) is 0 Å². The summed E-state index contributed by atoms with van der Waals surface area (Å²) in [5.74, 6) is -0.239. The standard InChI is InChI=1S/C27H34O6/c1-14-7-4-5-8-16(14)23(28)33-19-9-6-10-24-13-15(11-17(19)24)25(29)22-21(31-2)18-12-20(24)27(25,30)26(18,22)32-3/h4-5,7-8,15,17-22,29-30H,6,9-13H2,1-3H3/t15?,17?,18-,19+,20?,21-,22?,24+,25-,26?,27-/m1/s1. The normalized spacial score (nSPS) is 54.6. The molecular weight excluding hydrogens is 420 g/mol. The summed E-state index contributed by atoms with van der Waals surface area (Å²) in [6, 6.07) is 7.57. The first kappa shape index (κ1) is 20.9. The highest BCUT2D eigenvalue weighted by atomic mass is 16.6. The Morgan fingerprint density at radius 1 is 1.12 bits per heavy atom. The number of rotatable bonds is 4. The molecule has 6 aliphatic carbocycles. The van der Waals surface area contributed by atoms with Crippen LogP contribution in [0, 0.1) is 41.9 Å². The molecule has 6 aliphatic rings. The SMILES string of the molecule is CO[C@H]1C2C3(OC)[C@@H]1CC1[C@]45CCC[C@H](OC(=O)c6ccccc6C)C4CC(C5)[C@]2(O)[C@]13O. The van der Waals surface area contributed by atoms with Crippen molar-refractivity contribution in [3.05, 3.63) is 35.4 Å². The quantitative estimate of drug-likeness (QED) is 0.681. The van der Waals surface area contributed by atoms with Crippen molar-refractivity contribution in [1.82, 2.24) is 0 Å². The fourth-order valence-electron chi connectivity index (χ4n) is 10.6. The number of carbonyl (C=O) groups is 1. The van der Waals surface area contributed by atoms with Crippen LogP contribution in [0.2, 0.25) is 0 Å². The molecule has 6 saturated carbocycles. The smallest absolute Gasteiger partial charge is 0.338 e. The molecule has 33 heavy (non-hydrogen) atoms. The Hall–Kier alpha value is -1.47. The van der Waals surface area contributed by atoms with Crippen LogP contribution < -0.4 is 0 Å². The molecule has 2 bridgehead atoms. The summed E-state index contributed by atoms with van der Waals surface area (Å²) in [6.07, 6.45) is 5.11. The Morgan fingerprint density at radius 3 is 2.64 bits per heavy atom. The second kappa shape index (κ2) is 6.20. The molecule has 0 aliphatic heterocycles. The minimum Gasteiger partial charge on any atom is -0.458 e. The zero-order valence-electron chi connectivity index (χ0n) is 19.6. The Bertz CT molecular complexity index is 1040. The fourth-order valence-corrected chi connectivity index (χ4v) is 10.6. The van der Waals surface area contributed by atoms with E-state index < -0.39 is 16.8 Å². The Morgan fingerprint density at radius 2 is 1.91 bits per heavy atom. The molecular formula is C27H34O6. The number of benzene rings is 1. The van der Waals surface area contributed by atoms with Gasteiger partial charge in [-0.1, -0.05) is 18.2 Å². The van der Waals surface area contributed by atoms with E-state index in [1.807, 2.05) is 31.2 Å². The van der Waals surface area contributed by atoms with Crippen LogP contribution in [0.25, 0.3) is 0 Å². The van der Waals surface area contributed by atoms with Gasteiger partial charge in [-0.15, -0.1) is 0 Å². The molecule has 2 N–H and O–H groups in total. The topological polar surface area (TPSA) is 85.2 Å². The molecule has 6 nitrogen and oxygen atoms in total. The molecule has 1 spiro atoms. The minimum atomic E-state index is -1.24. The van der Waals surface area contributed by atoms with Crippen LogP contribution in [0.15, 0.2) is 24.3 Å². The minimum absolute atomic E-state index is 0.0218. The van der Waals surface area contributed by atoms with E-state index in [1.165, 1.54) is 0 Å². The number of carbonyl (C=O) groups excluding carboxylic acids is 1. The van der Waals surface area contributed by atoms with E-state index in [0.717, 1.165) is 44.1 Å². The predicted molar refractivity (Wildman–Crippen MR) is 118 cm³/mol. The zero-order valence-corrected chi connectivity index (χ0v) is 19.6. The molecule has 0 aromatic heterocycles. The van der Waals surface area contributed by atoms with Crippen molar-refractivity contribution in [2.45, 2.75) is 74.5 Å². The predicted octanol–water partition coefficient (Wildman–Crippen LogP) is 2.87. The number of aliphatic hydroxyl groups is 2. The average molecular weight is 455 g/mol. The third kappa shape index (κ3) is 1.89. The van der Waals surface area contributed by atoms with Crippen LogP contribution in [-0.4, -0.2) is 59.4 Å². The summed E-state index contributed by atoms with van der Waals surface area (Å²) < 4.78 is 18.1. The highest BCUT2D eigenvalue weighted by Gasteiger charge is 3.00. The molecule has 7 rings (SSSR count). The average Bonchev–Trinajstić information content (AvgIpc) is 3.25. The number of fused-ring (bicyclic) bond motifs is 3. The summed E-state index contributed by atoms with van der Waals surface area (Å²) in [5.41, 5.74) is -1.69. The highest BCUT2D eigenvalue weighted by Crippen LogP contribution is 2.87. The van der Waals surface area contributed by atoms with E-state index in [-0.39, 0.29) is 53.2 Å². The number of methoxy groups -OCH3 is 2. The Kier molecular flexibility index (Phi) is 3.92.